The fraction of sp³-hybridized carbons (Fsp3) is 0.615. The summed E-state index contributed by atoms with van der Waals surface area (Å²) >= 11 is 1.13. The monoisotopic (exact) mass is 280 g/mol. The molecule has 1 saturated heterocycles. The highest BCUT2D eigenvalue weighted by Crippen LogP contribution is 2.37. The Kier molecular flexibility index (Phi) is 3.26. The molecular weight excluding hydrogens is 264 g/mol. The quantitative estimate of drug-likeness (QED) is 0.902. The molecule has 1 saturated carbocycles. The van der Waals surface area contributed by atoms with E-state index >= 15 is 0 Å². The van der Waals surface area contributed by atoms with Gasteiger partial charge in [0.2, 0.25) is 0 Å². The van der Waals surface area contributed by atoms with Crippen molar-refractivity contribution in [1.82, 2.24) is 9.88 Å². The molecule has 1 aromatic heterocycles. The molecule has 19 heavy (non-hydrogen) atoms. The molecule has 1 amide bonds. The van der Waals surface area contributed by atoms with Crippen LogP contribution in [0.15, 0.2) is 5.38 Å². The summed E-state index contributed by atoms with van der Waals surface area (Å²) in [6, 6.07) is 0.346. The van der Waals surface area contributed by atoms with Gasteiger partial charge in [-0.3, -0.25) is 4.79 Å². The number of carboxylic acids is 1. The van der Waals surface area contributed by atoms with Crippen LogP contribution < -0.4 is 0 Å². The van der Waals surface area contributed by atoms with Crippen LogP contribution in [-0.4, -0.2) is 39.5 Å². The van der Waals surface area contributed by atoms with Crippen LogP contribution in [0.25, 0.3) is 0 Å². The number of carbonyl (C=O) groups excluding carboxylic acids is 1. The SMILES string of the molecule is O=C(O)c1csc(C(=O)N2CCC3CCCCC32)n1. The third-order valence-electron chi connectivity index (χ3n) is 4.18. The third-order valence-corrected chi connectivity index (χ3v) is 5.01. The molecule has 1 aliphatic carbocycles. The Balaban J connectivity index is 1.77. The van der Waals surface area contributed by atoms with Crippen LogP contribution in [-0.2, 0) is 0 Å². The number of thiazole rings is 1. The Morgan fingerprint density at radius 1 is 1.32 bits per heavy atom. The van der Waals surface area contributed by atoms with E-state index in [9.17, 15) is 9.59 Å². The lowest BCUT2D eigenvalue weighted by molar-refractivity contribution is 0.0686. The van der Waals surface area contributed by atoms with Crippen LogP contribution in [0.2, 0.25) is 0 Å². The van der Waals surface area contributed by atoms with E-state index in [4.69, 9.17) is 5.11 Å². The summed E-state index contributed by atoms with van der Waals surface area (Å²) in [5.74, 6) is -0.532. The van der Waals surface area contributed by atoms with E-state index in [2.05, 4.69) is 4.98 Å². The zero-order valence-corrected chi connectivity index (χ0v) is 11.4. The maximum atomic E-state index is 12.4. The Bertz CT molecular complexity index is 514. The first-order valence-corrected chi connectivity index (χ1v) is 7.54. The number of carbonyl (C=O) groups is 2. The van der Waals surface area contributed by atoms with Crippen molar-refractivity contribution in [3.8, 4) is 0 Å². The standard InChI is InChI=1S/C13H16N2O3S/c16-12(11-14-9(7-19-11)13(17)18)15-6-5-8-3-1-2-4-10(8)15/h7-8,10H,1-6H2,(H,17,18). The number of hydrogen-bond donors (Lipinski definition) is 1. The van der Waals surface area contributed by atoms with E-state index in [0.29, 0.717) is 17.0 Å². The van der Waals surface area contributed by atoms with Gasteiger partial charge in [0.05, 0.1) is 0 Å². The van der Waals surface area contributed by atoms with Crippen LogP contribution in [0.5, 0.6) is 0 Å². The second-order valence-corrected chi connectivity index (χ2v) is 6.10. The van der Waals surface area contributed by atoms with E-state index in [-0.39, 0.29) is 11.6 Å². The Labute approximate surface area is 115 Å². The van der Waals surface area contributed by atoms with Crippen molar-refractivity contribution in [1.29, 1.82) is 0 Å². The largest absolute Gasteiger partial charge is 0.476 e. The lowest BCUT2D eigenvalue weighted by Crippen LogP contribution is -2.39. The smallest absolute Gasteiger partial charge is 0.355 e. The summed E-state index contributed by atoms with van der Waals surface area (Å²) in [5, 5.41) is 10.6. The summed E-state index contributed by atoms with van der Waals surface area (Å²) in [5.41, 5.74) is -0.0345. The topological polar surface area (TPSA) is 70.5 Å². The minimum atomic E-state index is -1.08. The maximum absolute atomic E-state index is 12.4. The van der Waals surface area contributed by atoms with Crippen molar-refractivity contribution in [3.63, 3.8) is 0 Å². The molecule has 2 heterocycles. The predicted molar refractivity (Wildman–Crippen MR) is 70.5 cm³/mol. The highest BCUT2D eigenvalue weighted by atomic mass is 32.1. The van der Waals surface area contributed by atoms with E-state index in [1.807, 2.05) is 4.90 Å². The summed E-state index contributed by atoms with van der Waals surface area (Å²) in [7, 11) is 0. The Morgan fingerprint density at radius 2 is 2.11 bits per heavy atom. The molecule has 2 aliphatic rings. The van der Waals surface area contributed by atoms with Gasteiger partial charge in [0, 0.05) is 18.0 Å². The molecule has 0 radical (unpaired) electrons. The van der Waals surface area contributed by atoms with Gasteiger partial charge in [-0.1, -0.05) is 12.8 Å². The molecule has 102 valence electrons. The highest BCUT2D eigenvalue weighted by molar-refractivity contribution is 7.11. The predicted octanol–water partition coefficient (Wildman–Crippen LogP) is 2.25. The number of hydrogen-bond acceptors (Lipinski definition) is 4. The number of rotatable bonds is 2. The van der Waals surface area contributed by atoms with E-state index in [1.165, 1.54) is 24.6 Å². The van der Waals surface area contributed by atoms with Gasteiger partial charge in [-0.15, -0.1) is 11.3 Å². The number of nitrogens with zero attached hydrogens (tertiary/aromatic N) is 2. The van der Waals surface area contributed by atoms with E-state index in [0.717, 1.165) is 30.7 Å². The van der Waals surface area contributed by atoms with Crippen molar-refractivity contribution in [2.45, 2.75) is 38.1 Å². The first-order chi connectivity index (χ1) is 9.16. The molecule has 0 aromatic carbocycles. The summed E-state index contributed by atoms with van der Waals surface area (Å²) in [6.45, 7) is 0.788. The zero-order valence-electron chi connectivity index (χ0n) is 10.5. The van der Waals surface area contributed by atoms with Gasteiger partial charge >= 0.3 is 5.97 Å². The fourth-order valence-corrected chi connectivity index (χ4v) is 4.00. The first-order valence-electron chi connectivity index (χ1n) is 6.66. The molecule has 6 heteroatoms. The van der Waals surface area contributed by atoms with Gasteiger partial charge in [0.25, 0.3) is 5.91 Å². The molecule has 2 fully saturated rings. The number of likely N-dealkylation sites (tertiary alicyclic amines) is 1. The maximum Gasteiger partial charge on any atom is 0.355 e. The van der Waals surface area contributed by atoms with Gasteiger partial charge < -0.3 is 10.0 Å². The van der Waals surface area contributed by atoms with Gasteiger partial charge in [-0.25, -0.2) is 9.78 Å². The van der Waals surface area contributed by atoms with Gasteiger partial charge in [0.1, 0.15) is 0 Å². The van der Waals surface area contributed by atoms with Crippen molar-refractivity contribution < 1.29 is 14.7 Å². The molecule has 0 spiro atoms. The summed E-state index contributed by atoms with van der Waals surface area (Å²) in [6.07, 6.45) is 5.82. The molecule has 5 nitrogen and oxygen atoms in total. The number of fused-ring (bicyclic) bond motifs is 1. The average Bonchev–Trinajstić information content (AvgIpc) is 3.05. The number of aromatic nitrogens is 1. The van der Waals surface area contributed by atoms with Gasteiger partial charge in [-0.05, 0) is 25.2 Å². The lowest BCUT2D eigenvalue weighted by Gasteiger charge is -2.31. The summed E-state index contributed by atoms with van der Waals surface area (Å²) in [4.78, 5) is 29.1. The molecule has 1 aliphatic heterocycles. The molecule has 3 rings (SSSR count). The number of aromatic carboxylic acids is 1. The average molecular weight is 280 g/mol. The number of carboxylic acid groups (broad SMARTS) is 1. The molecule has 2 atom stereocenters. The van der Waals surface area contributed by atoms with Crippen LogP contribution in [0.4, 0.5) is 0 Å². The second-order valence-electron chi connectivity index (χ2n) is 5.24. The third kappa shape index (κ3) is 2.25. The van der Waals surface area contributed by atoms with Crippen LogP contribution in [0, 0.1) is 5.92 Å². The van der Waals surface area contributed by atoms with E-state index in [1.54, 1.807) is 0 Å². The Hall–Kier alpha value is -1.43. The lowest BCUT2D eigenvalue weighted by atomic mass is 9.85. The van der Waals surface area contributed by atoms with Crippen LogP contribution in [0.1, 0.15) is 52.4 Å². The summed E-state index contributed by atoms with van der Waals surface area (Å²) < 4.78 is 0. The molecule has 1 aromatic rings. The fourth-order valence-electron chi connectivity index (χ4n) is 3.25. The van der Waals surface area contributed by atoms with Crippen LogP contribution in [0.3, 0.4) is 0 Å². The van der Waals surface area contributed by atoms with Crippen molar-refractivity contribution in [2.75, 3.05) is 6.54 Å². The molecular formula is C13H16N2O3S. The minimum absolute atomic E-state index is 0.0345. The van der Waals surface area contributed by atoms with Crippen molar-refractivity contribution >= 4 is 23.2 Å². The second kappa shape index (κ2) is 4.92. The van der Waals surface area contributed by atoms with E-state index < -0.39 is 5.97 Å². The molecule has 1 N–H and O–H groups in total. The zero-order chi connectivity index (χ0) is 13.4. The Morgan fingerprint density at radius 3 is 2.84 bits per heavy atom. The van der Waals surface area contributed by atoms with Crippen molar-refractivity contribution in [3.05, 3.63) is 16.1 Å². The van der Waals surface area contributed by atoms with Crippen molar-refractivity contribution in [2.24, 2.45) is 5.92 Å². The number of amides is 1. The normalized spacial score (nSPS) is 26.2. The van der Waals surface area contributed by atoms with Gasteiger partial charge in [0.15, 0.2) is 10.7 Å². The van der Waals surface area contributed by atoms with Crippen LogP contribution >= 0.6 is 11.3 Å². The first kappa shape index (κ1) is 12.6. The minimum Gasteiger partial charge on any atom is -0.476 e. The molecule has 2 unspecified atom stereocenters. The van der Waals surface area contributed by atoms with Gasteiger partial charge in [-0.2, -0.15) is 0 Å². The highest BCUT2D eigenvalue weighted by Gasteiger charge is 2.39. The molecule has 0 bridgehead atoms.